The highest BCUT2D eigenvalue weighted by Gasteiger charge is 2.31. The smallest absolute Gasteiger partial charge is 0.220 e. The van der Waals surface area contributed by atoms with Crippen molar-refractivity contribution in [2.24, 2.45) is 0 Å². The monoisotopic (exact) mass is 340 g/mol. The third-order valence-corrected chi connectivity index (χ3v) is 5.42. The first-order chi connectivity index (χ1) is 10.9. The number of ether oxygens (including phenoxy) is 1. The summed E-state index contributed by atoms with van der Waals surface area (Å²) in [6.45, 7) is 0.930. The Morgan fingerprint density at radius 2 is 2.04 bits per heavy atom. The van der Waals surface area contributed by atoms with Crippen molar-refractivity contribution in [3.8, 4) is 5.75 Å². The molecule has 1 heterocycles. The van der Waals surface area contributed by atoms with Gasteiger partial charge in [0.1, 0.15) is 5.75 Å². The number of carbonyl (C=O) groups is 1. The van der Waals surface area contributed by atoms with Gasteiger partial charge < -0.3 is 10.1 Å². The molecule has 0 aromatic heterocycles. The highest BCUT2D eigenvalue weighted by molar-refractivity contribution is 7.88. The van der Waals surface area contributed by atoms with E-state index in [4.69, 9.17) is 4.74 Å². The zero-order valence-corrected chi connectivity index (χ0v) is 14.4. The number of hydrogen-bond donors (Lipinski definition) is 1. The van der Waals surface area contributed by atoms with Crippen LogP contribution in [0.5, 0.6) is 5.75 Å². The molecule has 0 aliphatic carbocycles. The maximum absolute atomic E-state index is 11.9. The van der Waals surface area contributed by atoms with Crippen molar-refractivity contribution in [3.63, 3.8) is 0 Å². The fourth-order valence-corrected chi connectivity index (χ4v) is 4.00. The molecule has 1 amide bonds. The summed E-state index contributed by atoms with van der Waals surface area (Å²) < 4.78 is 29.9. The number of benzene rings is 1. The Morgan fingerprint density at radius 3 is 2.65 bits per heavy atom. The van der Waals surface area contributed by atoms with Gasteiger partial charge in [0, 0.05) is 25.6 Å². The van der Waals surface area contributed by atoms with E-state index in [9.17, 15) is 13.2 Å². The first-order valence-corrected chi connectivity index (χ1v) is 9.61. The van der Waals surface area contributed by atoms with Crippen molar-refractivity contribution in [2.45, 2.75) is 31.7 Å². The summed E-state index contributed by atoms with van der Waals surface area (Å²) >= 11 is 0. The van der Waals surface area contributed by atoms with Crippen molar-refractivity contribution in [1.29, 1.82) is 0 Å². The number of aryl methyl sites for hydroxylation is 1. The third-order valence-electron chi connectivity index (χ3n) is 4.08. The molecule has 1 unspecified atom stereocenters. The molecule has 1 fully saturated rings. The van der Waals surface area contributed by atoms with Gasteiger partial charge >= 0.3 is 0 Å². The molecule has 1 aromatic carbocycles. The van der Waals surface area contributed by atoms with Gasteiger partial charge in [-0.2, -0.15) is 4.31 Å². The van der Waals surface area contributed by atoms with Gasteiger partial charge in [0.2, 0.25) is 15.9 Å². The molecule has 128 valence electrons. The fraction of sp³-hybridized carbons (Fsp3) is 0.562. The Bertz CT molecular complexity index is 628. The predicted octanol–water partition coefficient (Wildman–Crippen LogP) is 1.17. The lowest BCUT2D eigenvalue weighted by molar-refractivity contribution is -0.121. The molecule has 1 aliphatic rings. The number of amides is 1. The fourth-order valence-electron chi connectivity index (χ4n) is 2.82. The molecule has 0 bridgehead atoms. The maximum atomic E-state index is 11.9. The average Bonchev–Trinajstić information content (AvgIpc) is 3.00. The molecule has 23 heavy (non-hydrogen) atoms. The quantitative estimate of drug-likeness (QED) is 0.808. The van der Waals surface area contributed by atoms with Crippen LogP contribution in [0.15, 0.2) is 24.3 Å². The summed E-state index contributed by atoms with van der Waals surface area (Å²) in [5, 5.41) is 2.85. The molecule has 1 atom stereocenters. The van der Waals surface area contributed by atoms with Gasteiger partial charge in [-0.15, -0.1) is 0 Å². The van der Waals surface area contributed by atoms with E-state index in [1.54, 1.807) is 7.11 Å². The van der Waals surface area contributed by atoms with Gasteiger partial charge in [-0.3, -0.25) is 4.79 Å². The largest absolute Gasteiger partial charge is 0.497 e. The summed E-state index contributed by atoms with van der Waals surface area (Å²) in [5.74, 6) is 0.737. The minimum Gasteiger partial charge on any atom is -0.497 e. The second kappa shape index (κ2) is 7.79. The summed E-state index contributed by atoms with van der Waals surface area (Å²) in [4.78, 5) is 11.9. The second-order valence-corrected chi connectivity index (χ2v) is 7.76. The number of methoxy groups -OCH3 is 1. The van der Waals surface area contributed by atoms with Gasteiger partial charge in [-0.05, 0) is 37.0 Å². The van der Waals surface area contributed by atoms with E-state index in [0.717, 1.165) is 24.2 Å². The van der Waals surface area contributed by atoms with Crippen LogP contribution in [-0.2, 0) is 21.2 Å². The number of carbonyl (C=O) groups excluding carboxylic acids is 1. The number of sulfonamides is 1. The standard InChI is InChI=1S/C16H24N2O4S/c1-22-15-8-5-13(6-9-15)7-10-16(19)17-12-14-4-3-11-18(14)23(2,20)21/h5-6,8-9,14H,3-4,7,10-12H2,1-2H3,(H,17,19). The van der Waals surface area contributed by atoms with Gasteiger partial charge in [-0.25, -0.2) is 8.42 Å². The molecular formula is C16H24N2O4S. The molecule has 1 saturated heterocycles. The minimum absolute atomic E-state index is 0.0545. The van der Waals surface area contributed by atoms with Crippen LogP contribution in [0.3, 0.4) is 0 Å². The van der Waals surface area contributed by atoms with Crippen LogP contribution in [-0.4, -0.2) is 51.1 Å². The molecule has 7 heteroatoms. The second-order valence-electron chi connectivity index (χ2n) is 5.82. The Kier molecular flexibility index (Phi) is 6.01. The number of rotatable bonds is 7. The molecule has 0 radical (unpaired) electrons. The van der Waals surface area contributed by atoms with E-state index in [1.165, 1.54) is 10.6 Å². The highest BCUT2D eigenvalue weighted by atomic mass is 32.2. The Morgan fingerprint density at radius 1 is 1.35 bits per heavy atom. The van der Waals surface area contributed by atoms with Crippen LogP contribution >= 0.6 is 0 Å². The zero-order valence-electron chi connectivity index (χ0n) is 13.6. The molecule has 1 N–H and O–H groups in total. The van der Waals surface area contributed by atoms with E-state index >= 15 is 0 Å². The molecule has 2 rings (SSSR count). The normalized spacial score (nSPS) is 18.8. The van der Waals surface area contributed by atoms with Crippen LogP contribution in [0.4, 0.5) is 0 Å². The van der Waals surface area contributed by atoms with E-state index in [1.807, 2.05) is 24.3 Å². The van der Waals surface area contributed by atoms with Crippen molar-refractivity contribution >= 4 is 15.9 Å². The van der Waals surface area contributed by atoms with E-state index in [-0.39, 0.29) is 11.9 Å². The van der Waals surface area contributed by atoms with Gasteiger partial charge in [0.15, 0.2) is 0 Å². The van der Waals surface area contributed by atoms with Crippen molar-refractivity contribution in [3.05, 3.63) is 29.8 Å². The highest BCUT2D eigenvalue weighted by Crippen LogP contribution is 2.19. The Labute approximate surface area is 137 Å². The minimum atomic E-state index is -3.19. The molecule has 1 aliphatic heterocycles. The van der Waals surface area contributed by atoms with E-state index in [2.05, 4.69) is 5.32 Å². The van der Waals surface area contributed by atoms with Gasteiger partial charge in [-0.1, -0.05) is 12.1 Å². The van der Waals surface area contributed by atoms with Crippen molar-refractivity contribution in [2.75, 3.05) is 26.5 Å². The first-order valence-electron chi connectivity index (χ1n) is 7.76. The van der Waals surface area contributed by atoms with E-state index < -0.39 is 10.0 Å². The molecular weight excluding hydrogens is 316 g/mol. The number of nitrogens with zero attached hydrogens (tertiary/aromatic N) is 1. The molecule has 0 saturated carbocycles. The van der Waals surface area contributed by atoms with Gasteiger partial charge in [0.25, 0.3) is 0 Å². The lowest BCUT2D eigenvalue weighted by Crippen LogP contribution is -2.42. The van der Waals surface area contributed by atoms with E-state index in [0.29, 0.717) is 25.9 Å². The van der Waals surface area contributed by atoms with Crippen LogP contribution in [0.25, 0.3) is 0 Å². The van der Waals surface area contributed by atoms with Crippen molar-refractivity contribution in [1.82, 2.24) is 9.62 Å². The zero-order chi connectivity index (χ0) is 16.9. The maximum Gasteiger partial charge on any atom is 0.220 e. The lowest BCUT2D eigenvalue weighted by atomic mass is 10.1. The first kappa shape index (κ1) is 17.7. The van der Waals surface area contributed by atoms with Crippen LogP contribution in [0.1, 0.15) is 24.8 Å². The Balaban J connectivity index is 1.76. The lowest BCUT2D eigenvalue weighted by Gasteiger charge is -2.22. The van der Waals surface area contributed by atoms with Crippen LogP contribution < -0.4 is 10.1 Å². The summed E-state index contributed by atoms with van der Waals surface area (Å²) in [7, 11) is -1.58. The summed E-state index contributed by atoms with van der Waals surface area (Å²) in [5.41, 5.74) is 1.07. The Hall–Kier alpha value is -1.60. The van der Waals surface area contributed by atoms with Gasteiger partial charge in [0.05, 0.1) is 13.4 Å². The number of hydrogen-bond acceptors (Lipinski definition) is 4. The van der Waals surface area contributed by atoms with Crippen LogP contribution in [0, 0.1) is 0 Å². The SMILES string of the molecule is COc1ccc(CCC(=O)NCC2CCCN2S(C)(=O)=O)cc1. The van der Waals surface area contributed by atoms with Crippen molar-refractivity contribution < 1.29 is 17.9 Å². The third kappa shape index (κ3) is 5.21. The number of nitrogens with one attached hydrogen (secondary N) is 1. The summed E-state index contributed by atoms with van der Waals surface area (Å²) in [6.07, 6.45) is 3.90. The molecule has 1 aromatic rings. The summed E-state index contributed by atoms with van der Waals surface area (Å²) in [6, 6.07) is 7.50. The predicted molar refractivity (Wildman–Crippen MR) is 88.9 cm³/mol. The topological polar surface area (TPSA) is 75.7 Å². The molecule has 6 nitrogen and oxygen atoms in total. The average molecular weight is 340 g/mol. The molecule has 0 spiro atoms. The van der Waals surface area contributed by atoms with Crippen LogP contribution in [0.2, 0.25) is 0 Å².